The molecular weight excluding hydrogens is 380 g/mol. The van der Waals surface area contributed by atoms with Crippen LogP contribution in [0.2, 0.25) is 5.02 Å². The van der Waals surface area contributed by atoms with E-state index in [9.17, 15) is 13.2 Å². The summed E-state index contributed by atoms with van der Waals surface area (Å²) >= 11 is 7.53. The van der Waals surface area contributed by atoms with Crippen molar-refractivity contribution in [3.8, 4) is 0 Å². The lowest BCUT2D eigenvalue weighted by molar-refractivity contribution is -0.120. The van der Waals surface area contributed by atoms with E-state index in [2.05, 4.69) is 10.0 Å². The lowest BCUT2D eigenvalue weighted by atomic mass is 10.4. The maximum Gasteiger partial charge on any atom is 0.242 e. The van der Waals surface area contributed by atoms with Gasteiger partial charge in [-0.15, -0.1) is 11.8 Å². The van der Waals surface area contributed by atoms with Crippen LogP contribution in [0.4, 0.5) is 0 Å². The predicted octanol–water partition coefficient (Wildman–Crippen LogP) is 2.92. The molecule has 25 heavy (non-hydrogen) atoms. The van der Waals surface area contributed by atoms with Gasteiger partial charge in [0, 0.05) is 30.2 Å². The molecule has 1 amide bonds. The Balaban J connectivity index is 1.67. The van der Waals surface area contributed by atoms with Crippen LogP contribution in [0, 0.1) is 0 Å². The molecule has 0 atom stereocenters. The first kappa shape index (κ1) is 19.8. The van der Waals surface area contributed by atoms with Crippen molar-refractivity contribution in [2.24, 2.45) is 0 Å². The smallest absolute Gasteiger partial charge is 0.242 e. The Kier molecular flexibility index (Phi) is 7.77. The molecule has 2 aromatic rings. The minimum atomic E-state index is -3.71. The van der Waals surface area contributed by atoms with Gasteiger partial charge in [0.2, 0.25) is 15.9 Å². The van der Waals surface area contributed by atoms with E-state index < -0.39 is 10.0 Å². The SMILES string of the molecule is O=C(CCNS(=O)(=O)c1ccccc1Cl)NCCSc1ccccc1. The second-order valence-electron chi connectivity index (χ2n) is 5.09. The average molecular weight is 399 g/mol. The molecule has 0 fully saturated rings. The lowest BCUT2D eigenvalue weighted by Crippen LogP contribution is -2.31. The first-order chi connectivity index (χ1) is 12.0. The topological polar surface area (TPSA) is 75.3 Å². The number of rotatable bonds is 9. The largest absolute Gasteiger partial charge is 0.355 e. The van der Waals surface area contributed by atoms with Crippen molar-refractivity contribution in [2.75, 3.05) is 18.8 Å². The van der Waals surface area contributed by atoms with Gasteiger partial charge in [0.25, 0.3) is 0 Å². The summed E-state index contributed by atoms with van der Waals surface area (Å²) in [7, 11) is -3.71. The Labute approximate surface area is 157 Å². The number of carbonyl (C=O) groups is 1. The first-order valence-corrected chi connectivity index (χ1v) is 10.5. The standard InChI is InChI=1S/C17H19ClN2O3S2/c18-15-8-4-5-9-16(15)25(22,23)20-11-10-17(21)19-12-13-24-14-6-2-1-3-7-14/h1-9,20H,10-13H2,(H,19,21). The molecule has 0 spiro atoms. The molecule has 0 aromatic heterocycles. The van der Waals surface area contributed by atoms with E-state index >= 15 is 0 Å². The molecule has 0 bridgehead atoms. The summed E-state index contributed by atoms with van der Waals surface area (Å²) < 4.78 is 26.6. The fourth-order valence-corrected chi connectivity index (χ4v) is 4.34. The van der Waals surface area contributed by atoms with Crippen LogP contribution >= 0.6 is 23.4 Å². The number of nitrogens with one attached hydrogen (secondary N) is 2. The van der Waals surface area contributed by atoms with Gasteiger partial charge in [0.15, 0.2) is 0 Å². The van der Waals surface area contributed by atoms with E-state index in [0.717, 1.165) is 10.6 Å². The average Bonchev–Trinajstić information content (AvgIpc) is 2.60. The van der Waals surface area contributed by atoms with Gasteiger partial charge in [-0.25, -0.2) is 13.1 Å². The number of hydrogen-bond acceptors (Lipinski definition) is 4. The number of hydrogen-bond donors (Lipinski definition) is 2. The molecule has 0 aliphatic heterocycles. The summed E-state index contributed by atoms with van der Waals surface area (Å²) in [6.45, 7) is 0.543. The first-order valence-electron chi connectivity index (χ1n) is 7.68. The Hall–Kier alpha value is -1.54. The molecule has 2 N–H and O–H groups in total. The quantitative estimate of drug-likeness (QED) is 0.503. The molecular formula is C17H19ClN2O3S2. The summed E-state index contributed by atoms with van der Waals surface area (Å²) in [6.07, 6.45) is 0.0691. The minimum absolute atomic E-state index is 0.0105. The minimum Gasteiger partial charge on any atom is -0.355 e. The number of sulfonamides is 1. The molecule has 5 nitrogen and oxygen atoms in total. The Morgan fingerprint density at radius 2 is 1.68 bits per heavy atom. The highest BCUT2D eigenvalue weighted by atomic mass is 35.5. The summed E-state index contributed by atoms with van der Waals surface area (Å²) in [5, 5.41) is 2.92. The summed E-state index contributed by atoms with van der Waals surface area (Å²) in [6, 6.07) is 16.1. The van der Waals surface area contributed by atoms with Crippen molar-refractivity contribution < 1.29 is 13.2 Å². The van der Waals surface area contributed by atoms with Crippen molar-refractivity contribution >= 4 is 39.3 Å². The predicted molar refractivity (Wildman–Crippen MR) is 101 cm³/mol. The van der Waals surface area contributed by atoms with E-state index in [-0.39, 0.29) is 28.8 Å². The van der Waals surface area contributed by atoms with Gasteiger partial charge < -0.3 is 5.32 Å². The van der Waals surface area contributed by atoms with Crippen molar-refractivity contribution in [2.45, 2.75) is 16.2 Å². The third-order valence-electron chi connectivity index (χ3n) is 3.21. The highest BCUT2D eigenvalue weighted by molar-refractivity contribution is 7.99. The maximum absolute atomic E-state index is 12.1. The van der Waals surface area contributed by atoms with Gasteiger partial charge in [-0.2, -0.15) is 0 Å². The molecule has 0 saturated heterocycles. The zero-order chi connectivity index (χ0) is 18.1. The van der Waals surface area contributed by atoms with Gasteiger partial charge in [0.05, 0.1) is 5.02 Å². The van der Waals surface area contributed by atoms with Crippen molar-refractivity contribution in [3.63, 3.8) is 0 Å². The van der Waals surface area contributed by atoms with Gasteiger partial charge in [-0.05, 0) is 24.3 Å². The monoisotopic (exact) mass is 398 g/mol. The highest BCUT2D eigenvalue weighted by Crippen LogP contribution is 2.20. The molecule has 2 aromatic carbocycles. The summed E-state index contributed by atoms with van der Waals surface area (Å²) in [5.41, 5.74) is 0. The van der Waals surface area contributed by atoms with E-state index in [0.29, 0.717) is 6.54 Å². The Bertz CT molecular complexity index is 799. The molecule has 0 radical (unpaired) electrons. The molecule has 0 aliphatic carbocycles. The van der Waals surface area contributed by atoms with Crippen LogP contribution in [0.3, 0.4) is 0 Å². The fraction of sp³-hybridized carbons (Fsp3) is 0.235. The third-order valence-corrected chi connectivity index (χ3v) is 6.18. The number of carbonyl (C=O) groups excluding carboxylic acids is 1. The van der Waals surface area contributed by atoms with E-state index in [1.165, 1.54) is 12.1 Å². The van der Waals surface area contributed by atoms with Crippen molar-refractivity contribution in [1.82, 2.24) is 10.0 Å². The summed E-state index contributed by atoms with van der Waals surface area (Å²) in [4.78, 5) is 12.9. The van der Waals surface area contributed by atoms with Gasteiger partial charge in [-0.1, -0.05) is 41.9 Å². The Morgan fingerprint density at radius 1 is 1.00 bits per heavy atom. The third kappa shape index (κ3) is 6.70. The Morgan fingerprint density at radius 3 is 2.40 bits per heavy atom. The van der Waals surface area contributed by atoms with Gasteiger partial charge in [-0.3, -0.25) is 4.79 Å². The fourth-order valence-electron chi connectivity index (χ4n) is 2.00. The molecule has 0 saturated carbocycles. The van der Waals surface area contributed by atoms with Gasteiger partial charge in [0.1, 0.15) is 4.90 Å². The molecule has 0 heterocycles. The van der Waals surface area contributed by atoms with Crippen LogP contribution < -0.4 is 10.0 Å². The zero-order valence-electron chi connectivity index (χ0n) is 13.4. The number of benzene rings is 2. The highest BCUT2D eigenvalue weighted by Gasteiger charge is 2.17. The van der Waals surface area contributed by atoms with E-state index in [4.69, 9.17) is 11.6 Å². The number of amides is 1. The maximum atomic E-state index is 12.1. The molecule has 0 unspecified atom stereocenters. The van der Waals surface area contributed by atoms with Crippen molar-refractivity contribution in [1.29, 1.82) is 0 Å². The second-order valence-corrected chi connectivity index (χ2v) is 8.40. The van der Waals surface area contributed by atoms with Crippen LogP contribution in [0.15, 0.2) is 64.4 Å². The number of halogens is 1. The zero-order valence-corrected chi connectivity index (χ0v) is 15.8. The molecule has 0 aliphatic rings. The molecule has 8 heteroatoms. The van der Waals surface area contributed by atoms with Crippen LogP contribution in [0.1, 0.15) is 6.42 Å². The van der Waals surface area contributed by atoms with Crippen LogP contribution in [-0.4, -0.2) is 33.2 Å². The van der Waals surface area contributed by atoms with Gasteiger partial charge >= 0.3 is 0 Å². The summed E-state index contributed by atoms with van der Waals surface area (Å²) in [5.74, 6) is 0.553. The van der Waals surface area contributed by atoms with E-state index in [1.807, 2.05) is 30.3 Å². The molecule has 134 valence electrons. The van der Waals surface area contributed by atoms with Crippen LogP contribution in [0.25, 0.3) is 0 Å². The lowest BCUT2D eigenvalue weighted by Gasteiger charge is -2.08. The van der Waals surface area contributed by atoms with Crippen LogP contribution in [0.5, 0.6) is 0 Å². The normalized spacial score (nSPS) is 11.2. The van der Waals surface area contributed by atoms with Crippen LogP contribution in [-0.2, 0) is 14.8 Å². The molecule has 2 rings (SSSR count). The van der Waals surface area contributed by atoms with E-state index in [1.54, 1.807) is 23.9 Å². The number of thioether (sulfide) groups is 1. The van der Waals surface area contributed by atoms with Crippen molar-refractivity contribution in [3.05, 3.63) is 59.6 Å². The second kappa shape index (κ2) is 9.82.